The van der Waals surface area contributed by atoms with E-state index in [2.05, 4.69) is 6.08 Å². The number of carboxylic acids is 1. The number of benzene rings is 1. The quantitative estimate of drug-likeness (QED) is 0.483. The minimum Gasteiger partial charge on any atom is -0.481 e. The number of carboxylic acid groups (broad SMARTS) is 1. The van der Waals surface area contributed by atoms with Gasteiger partial charge in [0.15, 0.2) is 0 Å². The zero-order valence-corrected chi connectivity index (χ0v) is 15.9. The van der Waals surface area contributed by atoms with E-state index in [1.54, 1.807) is 12.1 Å². The molecular formula is C22H28O5. The molecule has 0 radical (unpaired) electrons. The number of esters is 1. The maximum Gasteiger partial charge on any atom is 0.337 e. The minimum atomic E-state index is -0.745. The van der Waals surface area contributed by atoms with Crippen LogP contribution in [-0.2, 0) is 14.3 Å². The van der Waals surface area contributed by atoms with E-state index in [1.165, 1.54) is 7.11 Å². The molecular weight excluding hydrogens is 344 g/mol. The van der Waals surface area contributed by atoms with Crippen molar-refractivity contribution in [2.75, 3.05) is 7.11 Å². The van der Waals surface area contributed by atoms with Crippen LogP contribution < -0.4 is 0 Å². The Morgan fingerprint density at radius 1 is 1.15 bits per heavy atom. The van der Waals surface area contributed by atoms with Crippen LogP contribution in [0.25, 0.3) is 6.08 Å². The van der Waals surface area contributed by atoms with Gasteiger partial charge in [-0.3, -0.25) is 9.59 Å². The van der Waals surface area contributed by atoms with Crippen LogP contribution in [0.15, 0.2) is 30.3 Å². The fraction of sp³-hybridized carbons (Fsp3) is 0.500. The highest BCUT2D eigenvalue weighted by Gasteiger charge is 2.32. The van der Waals surface area contributed by atoms with Gasteiger partial charge >= 0.3 is 11.9 Å². The van der Waals surface area contributed by atoms with Gasteiger partial charge in [-0.1, -0.05) is 43.5 Å². The summed E-state index contributed by atoms with van der Waals surface area (Å²) in [5.74, 6) is -0.413. The zero-order chi connectivity index (χ0) is 19.6. The molecule has 2 unspecified atom stereocenters. The van der Waals surface area contributed by atoms with Crippen LogP contribution >= 0.6 is 0 Å². The molecule has 0 heterocycles. The highest BCUT2D eigenvalue weighted by atomic mass is 16.5. The van der Waals surface area contributed by atoms with Gasteiger partial charge in [0.05, 0.1) is 12.7 Å². The number of unbranched alkanes of at least 4 members (excludes halogenated alkanes) is 3. The predicted molar refractivity (Wildman–Crippen MR) is 103 cm³/mol. The average Bonchev–Trinajstić information content (AvgIpc) is 3.02. The molecule has 2 rings (SSSR count). The van der Waals surface area contributed by atoms with Crippen molar-refractivity contribution in [3.8, 4) is 0 Å². The molecule has 0 saturated heterocycles. The summed E-state index contributed by atoms with van der Waals surface area (Å²) in [6.07, 6.45) is 10.3. The van der Waals surface area contributed by atoms with Crippen molar-refractivity contribution in [3.05, 3.63) is 41.5 Å². The van der Waals surface area contributed by atoms with Crippen LogP contribution in [-0.4, -0.2) is 29.9 Å². The van der Waals surface area contributed by atoms with E-state index in [0.717, 1.165) is 37.7 Å². The molecule has 1 fully saturated rings. The van der Waals surface area contributed by atoms with Gasteiger partial charge in [0.25, 0.3) is 0 Å². The summed E-state index contributed by atoms with van der Waals surface area (Å²) >= 11 is 0. The van der Waals surface area contributed by atoms with Gasteiger partial charge < -0.3 is 9.84 Å². The molecule has 1 aromatic carbocycles. The molecule has 27 heavy (non-hydrogen) atoms. The van der Waals surface area contributed by atoms with Gasteiger partial charge in [-0.2, -0.15) is 0 Å². The largest absolute Gasteiger partial charge is 0.481 e. The summed E-state index contributed by atoms with van der Waals surface area (Å²) in [7, 11) is 1.36. The number of ether oxygens (including phenoxy) is 1. The van der Waals surface area contributed by atoms with Gasteiger partial charge in [0, 0.05) is 18.8 Å². The van der Waals surface area contributed by atoms with Crippen molar-refractivity contribution in [2.24, 2.45) is 11.8 Å². The van der Waals surface area contributed by atoms with E-state index in [0.29, 0.717) is 24.2 Å². The maximum atomic E-state index is 12.2. The Balaban J connectivity index is 1.83. The number of allylic oxidation sites excluding steroid dienone is 1. The Hall–Kier alpha value is -2.43. The molecule has 0 amide bonds. The molecule has 1 saturated carbocycles. The van der Waals surface area contributed by atoms with Crippen molar-refractivity contribution in [1.82, 2.24) is 0 Å². The van der Waals surface area contributed by atoms with E-state index in [4.69, 9.17) is 9.84 Å². The number of carbonyl (C=O) groups excluding carboxylic acids is 2. The number of carbonyl (C=O) groups is 3. The molecule has 0 aliphatic heterocycles. The second-order valence-corrected chi connectivity index (χ2v) is 7.09. The SMILES string of the molecule is COC(=O)c1ccc(/C=C/C2CCC(=O)C2CCCCCCC(=O)O)cc1. The minimum absolute atomic E-state index is 0.0788. The fourth-order valence-electron chi connectivity index (χ4n) is 3.62. The molecule has 5 heteroatoms. The number of hydrogen-bond acceptors (Lipinski definition) is 4. The van der Waals surface area contributed by atoms with Crippen LogP contribution in [0, 0.1) is 11.8 Å². The van der Waals surface area contributed by atoms with Crippen LogP contribution in [0.4, 0.5) is 0 Å². The molecule has 1 aliphatic carbocycles. The lowest BCUT2D eigenvalue weighted by molar-refractivity contribution is -0.137. The maximum absolute atomic E-state index is 12.2. The van der Waals surface area contributed by atoms with Gasteiger partial charge in [-0.15, -0.1) is 0 Å². The lowest BCUT2D eigenvalue weighted by Crippen LogP contribution is -2.13. The summed E-state index contributed by atoms with van der Waals surface area (Å²) in [5.41, 5.74) is 1.51. The number of Topliss-reactive ketones (excluding diaryl/α,β-unsaturated/α-hetero) is 1. The second-order valence-electron chi connectivity index (χ2n) is 7.09. The summed E-state index contributed by atoms with van der Waals surface area (Å²) in [6.45, 7) is 0. The standard InChI is InChI=1S/C22H28O5/c1-27-22(26)18-12-9-16(10-13-18)8-11-17-14-15-20(23)19(17)6-4-2-3-5-7-21(24)25/h8-13,17,19H,2-7,14-15H2,1H3,(H,24,25)/b11-8+. The number of hydrogen-bond donors (Lipinski definition) is 1. The van der Waals surface area contributed by atoms with Gasteiger partial charge in [-0.25, -0.2) is 4.79 Å². The first-order valence-electron chi connectivity index (χ1n) is 9.62. The Bertz CT molecular complexity index is 674. The molecule has 1 aromatic rings. The fourth-order valence-corrected chi connectivity index (χ4v) is 3.62. The second kappa shape index (κ2) is 10.7. The molecule has 1 aliphatic rings. The Morgan fingerprint density at radius 3 is 2.52 bits per heavy atom. The Kier molecular flexibility index (Phi) is 8.24. The van der Waals surface area contributed by atoms with E-state index >= 15 is 0 Å². The molecule has 0 spiro atoms. The van der Waals surface area contributed by atoms with Gasteiger partial charge in [0.1, 0.15) is 5.78 Å². The Morgan fingerprint density at radius 2 is 1.85 bits per heavy atom. The lowest BCUT2D eigenvalue weighted by Gasteiger charge is -2.14. The lowest BCUT2D eigenvalue weighted by atomic mass is 9.89. The normalized spacial score (nSPS) is 19.5. The summed E-state index contributed by atoms with van der Waals surface area (Å²) in [5, 5.41) is 8.64. The van der Waals surface area contributed by atoms with Crippen LogP contribution in [0.3, 0.4) is 0 Å². The number of methoxy groups -OCH3 is 1. The van der Waals surface area contributed by atoms with Gasteiger partial charge in [0.2, 0.25) is 0 Å². The van der Waals surface area contributed by atoms with Crippen LogP contribution in [0.5, 0.6) is 0 Å². The third kappa shape index (κ3) is 6.66. The number of aliphatic carboxylic acids is 1. The first-order valence-corrected chi connectivity index (χ1v) is 9.62. The zero-order valence-electron chi connectivity index (χ0n) is 15.9. The first-order chi connectivity index (χ1) is 13.0. The van der Waals surface area contributed by atoms with Crippen LogP contribution in [0.2, 0.25) is 0 Å². The van der Waals surface area contributed by atoms with Crippen molar-refractivity contribution in [2.45, 2.75) is 51.4 Å². The number of ketones is 1. The van der Waals surface area contributed by atoms with Crippen LogP contribution in [0.1, 0.15) is 67.3 Å². The third-order valence-corrected chi connectivity index (χ3v) is 5.18. The monoisotopic (exact) mass is 372 g/mol. The summed E-state index contributed by atoms with van der Waals surface area (Å²) < 4.78 is 4.69. The smallest absolute Gasteiger partial charge is 0.337 e. The first kappa shape index (κ1) is 20.9. The number of rotatable bonds is 10. The highest BCUT2D eigenvalue weighted by molar-refractivity contribution is 5.89. The molecule has 5 nitrogen and oxygen atoms in total. The van der Waals surface area contributed by atoms with Gasteiger partial charge in [-0.05, 0) is 42.9 Å². The predicted octanol–water partition coefficient (Wildman–Crippen LogP) is 4.51. The molecule has 146 valence electrons. The van der Waals surface area contributed by atoms with E-state index < -0.39 is 5.97 Å². The Labute approximate surface area is 160 Å². The molecule has 0 aromatic heterocycles. The molecule has 2 atom stereocenters. The highest BCUT2D eigenvalue weighted by Crippen LogP contribution is 2.34. The van der Waals surface area contributed by atoms with E-state index in [-0.39, 0.29) is 24.2 Å². The van der Waals surface area contributed by atoms with Crippen molar-refractivity contribution >= 4 is 23.8 Å². The summed E-state index contributed by atoms with van der Waals surface area (Å²) in [6, 6.07) is 7.22. The van der Waals surface area contributed by atoms with Crippen molar-refractivity contribution < 1.29 is 24.2 Å². The van der Waals surface area contributed by atoms with Crippen molar-refractivity contribution in [1.29, 1.82) is 0 Å². The topological polar surface area (TPSA) is 80.7 Å². The average molecular weight is 372 g/mol. The van der Waals surface area contributed by atoms with E-state index in [9.17, 15) is 14.4 Å². The summed E-state index contributed by atoms with van der Waals surface area (Å²) in [4.78, 5) is 34.2. The van der Waals surface area contributed by atoms with Crippen molar-refractivity contribution in [3.63, 3.8) is 0 Å². The molecule has 1 N–H and O–H groups in total. The van der Waals surface area contributed by atoms with E-state index in [1.807, 2.05) is 18.2 Å². The molecule has 0 bridgehead atoms. The third-order valence-electron chi connectivity index (χ3n) is 5.18.